The van der Waals surface area contributed by atoms with Crippen molar-refractivity contribution < 1.29 is 9.53 Å². The second kappa shape index (κ2) is 12.8. The molecule has 0 amide bonds. The summed E-state index contributed by atoms with van der Waals surface area (Å²) in [5.41, 5.74) is 0. The van der Waals surface area contributed by atoms with Gasteiger partial charge < -0.3 is 4.74 Å². The molecule has 2 nitrogen and oxygen atoms in total. The summed E-state index contributed by atoms with van der Waals surface area (Å²) in [5.74, 6) is 0.700. The van der Waals surface area contributed by atoms with Crippen LogP contribution in [0.15, 0.2) is 0 Å². The Kier molecular flexibility index (Phi) is 12.6. The average Bonchev–Trinajstić information content (AvgIpc) is 2.29. The zero-order chi connectivity index (χ0) is 12.1. The van der Waals surface area contributed by atoms with Crippen molar-refractivity contribution in [3.8, 4) is 0 Å². The average molecular weight is 249 g/mol. The van der Waals surface area contributed by atoms with Crippen molar-refractivity contribution in [1.82, 2.24) is 0 Å². The SMILES string of the molecule is CCCCCCC(=O)OCCCCCCCl. The summed E-state index contributed by atoms with van der Waals surface area (Å²) in [6, 6.07) is 0. The fourth-order valence-corrected chi connectivity index (χ4v) is 1.69. The molecule has 0 heterocycles. The monoisotopic (exact) mass is 248 g/mol. The van der Waals surface area contributed by atoms with Gasteiger partial charge in [0.25, 0.3) is 0 Å². The summed E-state index contributed by atoms with van der Waals surface area (Å²) in [7, 11) is 0. The van der Waals surface area contributed by atoms with Gasteiger partial charge in [-0.2, -0.15) is 0 Å². The van der Waals surface area contributed by atoms with E-state index in [1.807, 2.05) is 0 Å². The Morgan fingerprint density at radius 3 is 2.38 bits per heavy atom. The van der Waals surface area contributed by atoms with Crippen molar-refractivity contribution in [1.29, 1.82) is 0 Å². The van der Waals surface area contributed by atoms with Gasteiger partial charge >= 0.3 is 5.97 Å². The maximum atomic E-state index is 11.3. The maximum absolute atomic E-state index is 11.3. The summed E-state index contributed by atoms with van der Waals surface area (Å²) in [5, 5.41) is 0. The van der Waals surface area contributed by atoms with Crippen LogP contribution in [0.25, 0.3) is 0 Å². The van der Waals surface area contributed by atoms with Crippen LogP contribution in [0, 0.1) is 0 Å². The van der Waals surface area contributed by atoms with Gasteiger partial charge in [0.1, 0.15) is 0 Å². The van der Waals surface area contributed by atoms with E-state index in [9.17, 15) is 4.79 Å². The van der Waals surface area contributed by atoms with Gasteiger partial charge in [-0.15, -0.1) is 11.6 Å². The fourth-order valence-electron chi connectivity index (χ4n) is 1.50. The number of carbonyl (C=O) groups is 1. The van der Waals surface area contributed by atoms with Crippen LogP contribution in [0.4, 0.5) is 0 Å². The molecule has 0 aromatic rings. The molecule has 0 saturated carbocycles. The van der Waals surface area contributed by atoms with E-state index in [-0.39, 0.29) is 5.97 Å². The Labute approximate surface area is 105 Å². The normalized spacial score (nSPS) is 10.4. The summed E-state index contributed by atoms with van der Waals surface area (Å²) in [6.07, 6.45) is 9.39. The topological polar surface area (TPSA) is 26.3 Å². The van der Waals surface area contributed by atoms with Crippen LogP contribution in [0.3, 0.4) is 0 Å². The lowest BCUT2D eigenvalue weighted by molar-refractivity contribution is -0.143. The van der Waals surface area contributed by atoms with Gasteiger partial charge in [0.15, 0.2) is 0 Å². The first-order valence-electron chi connectivity index (χ1n) is 6.52. The van der Waals surface area contributed by atoms with Gasteiger partial charge in [-0.1, -0.05) is 39.0 Å². The third-order valence-corrected chi connectivity index (χ3v) is 2.79. The Bertz CT molecular complexity index is 160. The number of rotatable bonds is 11. The highest BCUT2D eigenvalue weighted by molar-refractivity contribution is 6.17. The number of hydrogen-bond donors (Lipinski definition) is 0. The molecule has 0 unspecified atom stereocenters. The number of carbonyl (C=O) groups excluding carboxylic acids is 1. The highest BCUT2D eigenvalue weighted by Crippen LogP contribution is 2.05. The highest BCUT2D eigenvalue weighted by Gasteiger charge is 2.01. The molecular formula is C13H25ClO2. The van der Waals surface area contributed by atoms with Crippen LogP contribution in [0.2, 0.25) is 0 Å². The molecule has 96 valence electrons. The maximum Gasteiger partial charge on any atom is 0.305 e. The van der Waals surface area contributed by atoms with E-state index in [1.165, 1.54) is 12.8 Å². The molecule has 0 saturated heterocycles. The van der Waals surface area contributed by atoms with E-state index >= 15 is 0 Å². The lowest BCUT2D eigenvalue weighted by Gasteiger charge is -2.04. The zero-order valence-electron chi connectivity index (χ0n) is 10.5. The van der Waals surface area contributed by atoms with Crippen LogP contribution < -0.4 is 0 Å². The molecule has 0 N–H and O–H groups in total. The molecule has 0 aliphatic rings. The third-order valence-electron chi connectivity index (χ3n) is 2.53. The van der Waals surface area contributed by atoms with E-state index in [2.05, 4.69) is 6.92 Å². The summed E-state index contributed by atoms with van der Waals surface area (Å²) < 4.78 is 5.13. The van der Waals surface area contributed by atoms with Crippen LogP contribution in [0.5, 0.6) is 0 Å². The Balaban J connectivity index is 3.11. The molecule has 0 radical (unpaired) electrons. The van der Waals surface area contributed by atoms with E-state index in [0.29, 0.717) is 13.0 Å². The molecule has 0 bridgehead atoms. The van der Waals surface area contributed by atoms with Crippen LogP contribution in [-0.4, -0.2) is 18.5 Å². The first-order valence-corrected chi connectivity index (χ1v) is 7.06. The smallest absolute Gasteiger partial charge is 0.305 e. The van der Waals surface area contributed by atoms with Crippen molar-refractivity contribution >= 4 is 17.6 Å². The van der Waals surface area contributed by atoms with Crippen molar-refractivity contribution in [2.75, 3.05) is 12.5 Å². The van der Waals surface area contributed by atoms with Gasteiger partial charge in [0, 0.05) is 12.3 Å². The fraction of sp³-hybridized carbons (Fsp3) is 0.923. The molecule has 0 rings (SSSR count). The van der Waals surface area contributed by atoms with Crippen molar-refractivity contribution in [3.05, 3.63) is 0 Å². The summed E-state index contributed by atoms with van der Waals surface area (Å²) in [4.78, 5) is 11.3. The predicted octanol–water partition coefficient (Wildman–Crippen LogP) is 4.30. The largest absolute Gasteiger partial charge is 0.466 e. The van der Waals surface area contributed by atoms with Gasteiger partial charge in [-0.25, -0.2) is 0 Å². The minimum atomic E-state index is -0.0338. The van der Waals surface area contributed by atoms with E-state index < -0.39 is 0 Å². The van der Waals surface area contributed by atoms with E-state index in [1.54, 1.807) is 0 Å². The molecule has 3 heteroatoms. The summed E-state index contributed by atoms with van der Waals surface area (Å²) >= 11 is 5.56. The Morgan fingerprint density at radius 2 is 1.69 bits per heavy atom. The van der Waals surface area contributed by atoms with Crippen LogP contribution in [-0.2, 0) is 9.53 Å². The lowest BCUT2D eigenvalue weighted by Crippen LogP contribution is -2.05. The van der Waals surface area contributed by atoms with Gasteiger partial charge in [0.2, 0.25) is 0 Å². The highest BCUT2D eigenvalue weighted by atomic mass is 35.5. The first-order chi connectivity index (χ1) is 7.81. The Morgan fingerprint density at radius 1 is 1.00 bits per heavy atom. The number of alkyl halides is 1. The first kappa shape index (κ1) is 15.8. The number of hydrogen-bond acceptors (Lipinski definition) is 2. The molecule has 0 aliphatic heterocycles. The molecule has 0 aromatic carbocycles. The number of ether oxygens (including phenoxy) is 1. The molecule has 0 fully saturated rings. The molecular weight excluding hydrogens is 224 g/mol. The number of halogens is 1. The molecule has 0 aromatic heterocycles. The standard InChI is InChI=1S/C13H25ClO2/c1-2-3-4-7-10-13(15)16-12-9-6-5-8-11-14/h2-12H2,1H3. The van der Waals surface area contributed by atoms with Gasteiger partial charge in [0.05, 0.1) is 6.61 Å². The number of unbranched alkanes of at least 4 members (excludes halogenated alkanes) is 6. The van der Waals surface area contributed by atoms with Gasteiger partial charge in [-0.05, 0) is 19.3 Å². The van der Waals surface area contributed by atoms with Crippen molar-refractivity contribution in [2.45, 2.75) is 64.7 Å². The molecule has 0 spiro atoms. The summed E-state index contributed by atoms with van der Waals surface area (Å²) in [6.45, 7) is 2.74. The van der Waals surface area contributed by atoms with Gasteiger partial charge in [-0.3, -0.25) is 4.79 Å². The quantitative estimate of drug-likeness (QED) is 0.310. The second-order valence-corrected chi connectivity index (χ2v) is 4.51. The second-order valence-electron chi connectivity index (χ2n) is 4.13. The molecule has 0 atom stereocenters. The van der Waals surface area contributed by atoms with E-state index in [4.69, 9.17) is 16.3 Å². The van der Waals surface area contributed by atoms with Crippen molar-refractivity contribution in [2.24, 2.45) is 0 Å². The number of esters is 1. The van der Waals surface area contributed by atoms with Crippen LogP contribution in [0.1, 0.15) is 64.7 Å². The molecule has 16 heavy (non-hydrogen) atoms. The minimum absolute atomic E-state index is 0.0338. The van der Waals surface area contributed by atoms with Crippen LogP contribution >= 0.6 is 11.6 Å². The molecule has 0 aliphatic carbocycles. The van der Waals surface area contributed by atoms with Crippen molar-refractivity contribution in [3.63, 3.8) is 0 Å². The zero-order valence-corrected chi connectivity index (χ0v) is 11.2. The third kappa shape index (κ3) is 11.8. The van der Waals surface area contributed by atoms with E-state index in [0.717, 1.165) is 44.4 Å². The Hall–Kier alpha value is -0.240. The predicted molar refractivity (Wildman–Crippen MR) is 68.9 cm³/mol. The lowest BCUT2D eigenvalue weighted by atomic mass is 10.1. The minimum Gasteiger partial charge on any atom is -0.466 e.